The van der Waals surface area contributed by atoms with Crippen LogP contribution in [-0.4, -0.2) is 47.6 Å². The molecule has 0 aromatic rings. The average Bonchev–Trinajstić information content (AvgIpc) is 2.50. The summed E-state index contributed by atoms with van der Waals surface area (Å²) < 4.78 is 5.27. The number of ketones is 2. The molecule has 2 atom stereocenters. The Morgan fingerprint density at radius 3 is 2.50 bits per heavy atom. The number of methoxy groups -OCH3 is 1. The zero-order chi connectivity index (χ0) is 17.1. The van der Waals surface area contributed by atoms with Gasteiger partial charge in [-0.05, 0) is 20.3 Å². The Hall–Kier alpha value is -1.66. The number of carbonyl (C=O) groups is 2. The summed E-state index contributed by atoms with van der Waals surface area (Å²) in [5.41, 5.74) is -1.35. The molecule has 6 heteroatoms. The van der Waals surface area contributed by atoms with Crippen molar-refractivity contribution in [3.05, 3.63) is 22.6 Å². The van der Waals surface area contributed by atoms with E-state index in [1.54, 1.807) is 6.92 Å². The topological polar surface area (TPSA) is 95.9 Å². The lowest BCUT2D eigenvalue weighted by atomic mass is 9.79. The van der Waals surface area contributed by atoms with Crippen LogP contribution >= 0.6 is 0 Å². The molecular formula is C16H25NO5. The number of aliphatic hydroxyl groups excluding tert-OH is 1. The number of allylic oxidation sites excluding steroid dienone is 1. The van der Waals surface area contributed by atoms with E-state index in [2.05, 4.69) is 5.32 Å². The molecule has 0 amide bonds. The van der Waals surface area contributed by atoms with Crippen molar-refractivity contribution < 1.29 is 24.5 Å². The molecule has 0 spiro atoms. The third-order valence-corrected chi connectivity index (χ3v) is 4.01. The number of ether oxygens (including phenoxy) is 1. The van der Waals surface area contributed by atoms with Crippen molar-refractivity contribution in [2.75, 3.05) is 20.3 Å². The second-order valence-corrected chi connectivity index (χ2v) is 5.63. The van der Waals surface area contributed by atoms with Gasteiger partial charge in [0.05, 0.1) is 25.0 Å². The van der Waals surface area contributed by atoms with E-state index in [1.165, 1.54) is 21.0 Å². The van der Waals surface area contributed by atoms with Gasteiger partial charge in [-0.25, -0.2) is 0 Å². The Bertz CT molecular complexity index is 531. The summed E-state index contributed by atoms with van der Waals surface area (Å²) in [5, 5.41) is 22.4. The van der Waals surface area contributed by atoms with Crippen molar-refractivity contribution in [2.24, 2.45) is 5.92 Å². The van der Waals surface area contributed by atoms with E-state index in [4.69, 9.17) is 9.84 Å². The van der Waals surface area contributed by atoms with Gasteiger partial charge in [-0.15, -0.1) is 0 Å². The van der Waals surface area contributed by atoms with Crippen LogP contribution in [0, 0.1) is 5.92 Å². The van der Waals surface area contributed by atoms with E-state index in [-0.39, 0.29) is 47.5 Å². The Labute approximate surface area is 130 Å². The second-order valence-electron chi connectivity index (χ2n) is 5.63. The molecule has 3 N–H and O–H groups in total. The largest absolute Gasteiger partial charge is 0.496 e. The molecule has 124 valence electrons. The van der Waals surface area contributed by atoms with Crippen LogP contribution in [0.5, 0.6) is 0 Å². The van der Waals surface area contributed by atoms with Gasteiger partial charge in [0.25, 0.3) is 0 Å². The number of Topliss-reactive ketones (excluding diaryl/α,β-unsaturated/α-hetero) is 2. The highest BCUT2D eigenvalue weighted by Gasteiger charge is 2.45. The zero-order valence-electron chi connectivity index (χ0n) is 13.8. The molecule has 0 fully saturated rings. The lowest BCUT2D eigenvalue weighted by Crippen LogP contribution is -2.48. The molecular weight excluding hydrogens is 286 g/mol. The molecule has 1 aliphatic rings. The highest BCUT2D eigenvalue weighted by Crippen LogP contribution is 2.35. The molecule has 1 rings (SSSR count). The van der Waals surface area contributed by atoms with Crippen LogP contribution in [0.4, 0.5) is 0 Å². The van der Waals surface area contributed by atoms with E-state index < -0.39 is 11.4 Å². The first kappa shape index (κ1) is 18.4. The summed E-state index contributed by atoms with van der Waals surface area (Å²) in [6.45, 7) is 6.47. The SMILES string of the molecule is CC[C@@H](C)C(=O)C1=C(NCCO)[C@](C)(O)C(=O)C(C)=C1OC. The maximum Gasteiger partial charge on any atom is 0.199 e. The standard InChI is InChI=1S/C16H25NO5/c1-6-9(2)12(19)11-13(22-5)10(3)15(20)16(4,21)14(11)17-7-8-18/h9,17-18,21H,6-8H2,1-5H3/t9-,16+/m1/s1. The zero-order valence-corrected chi connectivity index (χ0v) is 13.8. The van der Waals surface area contributed by atoms with Crippen molar-refractivity contribution in [1.82, 2.24) is 5.32 Å². The van der Waals surface area contributed by atoms with Gasteiger partial charge in [0.2, 0.25) is 0 Å². The highest BCUT2D eigenvalue weighted by atomic mass is 16.5. The summed E-state index contributed by atoms with van der Waals surface area (Å²) in [4.78, 5) is 25.1. The Balaban J connectivity index is 3.58. The van der Waals surface area contributed by atoms with Crippen LogP contribution in [0.2, 0.25) is 0 Å². The molecule has 0 unspecified atom stereocenters. The molecule has 0 aromatic carbocycles. The summed E-state index contributed by atoms with van der Waals surface area (Å²) in [7, 11) is 1.39. The van der Waals surface area contributed by atoms with Crippen LogP contribution in [-0.2, 0) is 14.3 Å². The van der Waals surface area contributed by atoms with Crippen molar-refractivity contribution >= 4 is 11.6 Å². The van der Waals surface area contributed by atoms with Gasteiger partial charge < -0.3 is 20.3 Å². The molecule has 6 nitrogen and oxygen atoms in total. The lowest BCUT2D eigenvalue weighted by Gasteiger charge is -2.34. The summed E-state index contributed by atoms with van der Waals surface area (Å²) in [6.07, 6.45) is 0.627. The van der Waals surface area contributed by atoms with Gasteiger partial charge in [0, 0.05) is 18.0 Å². The van der Waals surface area contributed by atoms with Gasteiger partial charge in [0.15, 0.2) is 17.2 Å². The average molecular weight is 311 g/mol. The Morgan fingerprint density at radius 1 is 1.45 bits per heavy atom. The minimum atomic E-state index is -1.85. The number of hydrogen-bond donors (Lipinski definition) is 3. The number of nitrogens with one attached hydrogen (secondary N) is 1. The van der Waals surface area contributed by atoms with Crippen LogP contribution in [0.3, 0.4) is 0 Å². The maximum atomic E-state index is 12.7. The van der Waals surface area contributed by atoms with E-state index >= 15 is 0 Å². The number of aliphatic hydroxyl groups is 2. The summed E-state index contributed by atoms with van der Waals surface area (Å²) in [5.74, 6) is -0.817. The minimum Gasteiger partial charge on any atom is -0.496 e. The predicted molar refractivity (Wildman–Crippen MR) is 81.9 cm³/mol. The van der Waals surface area contributed by atoms with E-state index in [1.807, 2.05) is 6.92 Å². The molecule has 0 bridgehead atoms. The third kappa shape index (κ3) is 3.08. The van der Waals surface area contributed by atoms with E-state index in [9.17, 15) is 14.7 Å². The van der Waals surface area contributed by atoms with Gasteiger partial charge in [0.1, 0.15) is 5.76 Å². The smallest absolute Gasteiger partial charge is 0.199 e. The van der Waals surface area contributed by atoms with Crippen LogP contribution in [0.15, 0.2) is 22.6 Å². The first-order valence-corrected chi connectivity index (χ1v) is 7.40. The molecule has 0 aliphatic heterocycles. The van der Waals surface area contributed by atoms with Crippen molar-refractivity contribution in [3.63, 3.8) is 0 Å². The summed E-state index contributed by atoms with van der Waals surface area (Å²) in [6, 6.07) is 0. The van der Waals surface area contributed by atoms with Crippen molar-refractivity contribution in [1.29, 1.82) is 0 Å². The highest BCUT2D eigenvalue weighted by molar-refractivity contribution is 6.12. The van der Waals surface area contributed by atoms with Gasteiger partial charge in [-0.1, -0.05) is 13.8 Å². The third-order valence-electron chi connectivity index (χ3n) is 4.01. The molecule has 0 radical (unpaired) electrons. The fourth-order valence-corrected chi connectivity index (χ4v) is 2.49. The fourth-order valence-electron chi connectivity index (χ4n) is 2.49. The molecule has 0 aromatic heterocycles. The molecule has 1 aliphatic carbocycles. The predicted octanol–water partition coefficient (Wildman–Crippen LogP) is 0.692. The number of rotatable bonds is 7. The quantitative estimate of drug-likeness (QED) is 0.640. The second kappa shape index (κ2) is 7.07. The van der Waals surface area contributed by atoms with Crippen LogP contribution in [0.25, 0.3) is 0 Å². The van der Waals surface area contributed by atoms with Crippen molar-refractivity contribution in [2.45, 2.75) is 39.7 Å². The molecule has 0 saturated heterocycles. The first-order valence-electron chi connectivity index (χ1n) is 7.40. The molecule has 22 heavy (non-hydrogen) atoms. The fraction of sp³-hybridized carbons (Fsp3) is 0.625. The first-order chi connectivity index (χ1) is 10.2. The maximum absolute atomic E-state index is 12.7. The monoisotopic (exact) mass is 311 g/mol. The Morgan fingerprint density at radius 2 is 2.05 bits per heavy atom. The summed E-state index contributed by atoms with van der Waals surface area (Å²) >= 11 is 0. The molecule has 0 heterocycles. The van der Waals surface area contributed by atoms with E-state index in [0.717, 1.165) is 0 Å². The van der Waals surface area contributed by atoms with Gasteiger partial charge >= 0.3 is 0 Å². The molecule has 0 saturated carbocycles. The Kier molecular flexibility index (Phi) is 5.91. The van der Waals surface area contributed by atoms with Crippen molar-refractivity contribution in [3.8, 4) is 0 Å². The minimum absolute atomic E-state index is 0.0966. The normalized spacial score (nSPS) is 23.7. The van der Waals surface area contributed by atoms with Crippen LogP contribution < -0.4 is 5.32 Å². The van der Waals surface area contributed by atoms with Crippen LogP contribution in [0.1, 0.15) is 34.1 Å². The van der Waals surface area contributed by atoms with Gasteiger partial charge in [-0.2, -0.15) is 0 Å². The van der Waals surface area contributed by atoms with E-state index in [0.29, 0.717) is 6.42 Å². The number of hydrogen-bond acceptors (Lipinski definition) is 6. The lowest BCUT2D eigenvalue weighted by molar-refractivity contribution is -0.129. The number of carbonyl (C=O) groups excluding carboxylic acids is 2. The van der Waals surface area contributed by atoms with Gasteiger partial charge in [-0.3, -0.25) is 9.59 Å².